The van der Waals surface area contributed by atoms with Gasteiger partial charge in [-0.15, -0.1) is 24.8 Å². The Bertz CT molecular complexity index is 579. The number of piperazine rings is 1. The van der Waals surface area contributed by atoms with E-state index in [1.807, 2.05) is 0 Å². The maximum Gasteiger partial charge on any atom is 0.221 e. The average Bonchev–Trinajstić information content (AvgIpc) is 2.62. The number of hydrogen-bond acceptors (Lipinski definition) is 4. The van der Waals surface area contributed by atoms with Gasteiger partial charge in [0.25, 0.3) is 0 Å². The second-order valence-electron chi connectivity index (χ2n) is 7.56. The maximum absolute atomic E-state index is 12.2. The summed E-state index contributed by atoms with van der Waals surface area (Å²) in [6, 6.07) is 9.00. The Labute approximate surface area is 176 Å². The van der Waals surface area contributed by atoms with Crippen molar-refractivity contribution in [2.75, 3.05) is 50.7 Å². The number of benzene rings is 1. The van der Waals surface area contributed by atoms with E-state index in [0.29, 0.717) is 18.4 Å². The number of aryl methyl sites for hydroxylation is 1. The van der Waals surface area contributed by atoms with Gasteiger partial charge in [0, 0.05) is 57.4 Å². The molecule has 0 aromatic heterocycles. The predicted octanol–water partition coefficient (Wildman–Crippen LogP) is 2.46. The van der Waals surface area contributed by atoms with Gasteiger partial charge in [-0.1, -0.05) is 19.1 Å². The van der Waals surface area contributed by atoms with Gasteiger partial charge >= 0.3 is 0 Å². The fourth-order valence-corrected chi connectivity index (χ4v) is 3.78. The SMILES string of the molecule is Cc1cccc(N2CCN(CCC(=O)NC3CNCCC3C)CC2)c1.Cl.Cl. The van der Waals surface area contributed by atoms with Gasteiger partial charge < -0.3 is 15.5 Å². The molecule has 5 nitrogen and oxygen atoms in total. The standard InChI is InChI=1S/C20H32N4O.2ClH/c1-16-4-3-5-18(14-16)24-12-10-23(11-13-24)9-7-20(25)22-19-15-21-8-6-17(19)2;;/h3-5,14,17,19,21H,6-13,15H2,1-2H3,(H,22,25);2*1H. The Morgan fingerprint density at radius 1 is 1.22 bits per heavy atom. The van der Waals surface area contributed by atoms with Crippen LogP contribution in [0.5, 0.6) is 0 Å². The number of hydrogen-bond donors (Lipinski definition) is 2. The lowest BCUT2D eigenvalue weighted by molar-refractivity contribution is -0.122. The minimum absolute atomic E-state index is 0. The molecule has 2 aliphatic heterocycles. The van der Waals surface area contributed by atoms with Gasteiger partial charge in [0.15, 0.2) is 0 Å². The van der Waals surface area contributed by atoms with Crippen molar-refractivity contribution >= 4 is 36.4 Å². The van der Waals surface area contributed by atoms with Crippen LogP contribution in [0.2, 0.25) is 0 Å². The Balaban J connectivity index is 0.00000182. The molecule has 2 saturated heterocycles. The molecule has 0 spiro atoms. The molecule has 2 unspecified atom stereocenters. The van der Waals surface area contributed by atoms with Crippen LogP contribution in [0, 0.1) is 12.8 Å². The molecule has 1 aromatic carbocycles. The molecule has 0 aliphatic carbocycles. The first kappa shape index (κ1) is 24.0. The van der Waals surface area contributed by atoms with E-state index in [-0.39, 0.29) is 30.7 Å². The van der Waals surface area contributed by atoms with Crippen molar-refractivity contribution in [2.24, 2.45) is 5.92 Å². The molecule has 2 aliphatic rings. The molecule has 2 fully saturated rings. The molecule has 3 rings (SSSR count). The maximum atomic E-state index is 12.2. The summed E-state index contributed by atoms with van der Waals surface area (Å²) in [5, 5.41) is 6.58. The molecule has 1 amide bonds. The van der Waals surface area contributed by atoms with Crippen LogP contribution in [-0.2, 0) is 4.79 Å². The summed E-state index contributed by atoms with van der Waals surface area (Å²) in [5.74, 6) is 0.768. The Kier molecular flexibility index (Phi) is 10.5. The normalized spacial score (nSPS) is 23.1. The van der Waals surface area contributed by atoms with Crippen LogP contribution in [-0.4, -0.2) is 62.7 Å². The second kappa shape index (κ2) is 11.7. The lowest BCUT2D eigenvalue weighted by Gasteiger charge is -2.36. The van der Waals surface area contributed by atoms with Crippen LogP contribution >= 0.6 is 24.8 Å². The van der Waals surface area contributed by atoms with Crippen LogP contribution in [0.1, 0.15) is 25.3 Å². The van der Waals surface area contributed by atoms with E-state index in [0.717, 1.165) is 52.2 Å². The lowest BCUT2D eigenvalue weighted by atomic mass is 9.95. The Morgan fingerprint density at radius 3 is 2.63 bits per heavy atom. The summed E-state index contributed by atoms with van der Waals surface area (Å²) < 4.78 is 0. The zero-order chi connectivity index (χ0) is 17.6. The third kappa shape index (κ3) is 7.15. The number of amides is 1. The number of anilines is 1. The summed E-state index contributed by atoms with van der Waals surface area (Å²) in [6.45, 7) is 11.3. The molecule has 154 valence electrons. The van der Waals surface area contributed by atoms with Gasteiger partial charge in [-0.25, -0.2) is 0 Å². The molecule has 27 heavy (non-hydrogen) atoms. The highest BCUT2D eigenvalue weighted by Crippen LogP contribution is 2.18. The molecule has 0 saturated carbocycles. The summed E-state index contributed by atoms with van der Waals surface area (Å²) >= 11 is 0. The van der Waals surface area contributed by atoms with Gasteiger partial charge in [0.05, 0.1) is 0 Å². The van der Waals surface area contributed by atoms with Crippen molar-refractivity contribution in [2.45, 2.75) is 32.7 Å². The van der Waals surface area contributed by atoms with Crippen LogP contribution in [0.3, 0.4) is 0 Å². The van der Waals surface area contributed by atoms with Crippen LogP contribution in [0.25, 0.3) is 0 Å². The van der Waals surface area contributed by atoms with Crippen LogP contribution in [0.4, 0.5) is 5.69 Å². The minimum atomic E-state index is 0. The molecule has 2 heterocycles. The summed E-state index contributed by atoms with van der Waals surface area (Å²) in [6.07, 6.45) is 1.75. The first-order valence-electron chi connectivity index (χ1n) is 9.66. The zero-order valence-corrected chi connectivity index (χ0v) is 18.1. The summed E-state index contributed by atoms with van der Waals surface area (Å²) in [7, 11) is 0. The van der Waals surface area contributed by atoms with Crippen LogP contribution in [0.15, 0.2) is 24.3 Å². The van der Waals surface area contributed by atoms with E-state index >= 15 is 0 Å². The van der Waals surface area contributed by atoms with Gasteiger partial charge in [-0.05, 0) is 43.5 Å². The van der Waals surface area contributed by atoms with Crippen molar-refractivity contribution in [1.82, 2.24) is 15.5 Å². The monoisotopic (exact) mass is 416 g/mol. The van der Waals surface area contributed by atoms with Crippen molar-refractivity contribution in [3.63, 3.8) is 0 Å². The molecule has 1 aromatic rings. The third-order valence-electron chi connectivity index (χ3n) is 5.57. The topological polar surface area (TPSA) is 47.6 Å². The van der Waals surface area contributed by atoms with E-state index in [1.54, 1.807) is 0 Å². The van der Waals surface area contributed by atoms with E-state index in [9.17, 15) is 4.79 Å². The van der Waals surface area contributed by atoms with Gasteiger partial charge in [0.1, 0.15) is 0 Å². The number of rotatable bonds is 5. The number of halogens is 2. The second-order valence-corrected chi connectivity index (χ2v) is 7.56. The highest BCUT2D eigenvalue weighted by Gasteiger charge is 2.23. The van der Waals surface area contributed by atoms with Crippen molar-refractivity contribution in [3.8, 4) is 0 Å². The highest BCUT2D eigenvalue weighted by atomic mass is 35.5. The number of piperidine rings is 1. The molecule has 2 N–H and O–H groups in total. The van der Waals surface area contributed by atoms with Crippen molar-refractivity contribution < 1.29 is 4.79 Å². The number of carbonyl (C=O) groups is 1. The van der Waals surface area contributed by atoms with Crippen molar-refractivity contribution in [3.05, 3.63) is 29.8 Å². The Hall–Kier alpha value is -1.01. The first-order valence-corrected chi connectivity index (χ1v) is 9.66. The molecular weight excluding hydrogens is 383 g/mol. The highest BCUT2D eigenvalue weighted by molar-refractivity contribution is 5.85. The predicted molar refractivity (Wildman–Crippen MR) is 118 cm³/mol. The van der Waals surface area contributed by atoms with Crippen molar-refractivity contribution in [1.29, 1.82) is 0 Å². The number of carbonyl (C=O) groups excluding carboxylic acids is 1. The van der Waals surface area contributed by atoms with E-state index in [4.69, 9.17) is 0 Å². The molecule has 7 heteroatoms. The molecule has 0 bridgehead atoms. The average molecular weight is 417 g/mol. The molecule has 2 atom stereocenters. The van der Waals surface area contributed by atoms with Gasteiger partial charge in [-0.2, -0.15) is 0 Å². The smallest absolute Gasteiger partial charge is 0.221 e. The summed E-state index contributed by atoms with van der Waals surface area (Å²) in [4.78, 5) is 17.1. The number of nitrogens with one attached hydrogen (secondary N) is 2. The van der Waals surface area contributed by atoms with Gasteiger partial charge in [0.2, 0.25) is 5.91 Å². The Morgan fingerprint density at radius 2 is 1.96 bits per heavy atom. The quantitative estimate of drug-likeness (QED) is 0.773. The zero-order valence-electron chi connectivity index (χ0n) is 16.4. The fourth-order valence-electron chi connectivity index (χ4n) is 3.78. The van der Waals surface area contributed by atoms with E-state index < -0.39 is 0 Å². The number of nitrogens with zero attached hydrogens (tertiary/aromatic N) is 2. The first-order chi connectivity index (χ1) is 12.1. The van der Waals surface area contributed by atoms with Crippen LogP contribution < -0.4 is 15.5 Å². The van der Waals surface area contributed by atoms with Gasteiger partial charge in [-0.3, -0.25) is 9.69 Å². The minimum Gasteiger partial charge on any atom is -0.369 e. The van der Waals surface area contributed by atoms with E-state index in [1.165, 1.54) is 11.3 Å². The molecule has 0 radical (unpaired) electrons. The third-order valence-corrected chi connectivity index (χ3v) is 5.57. The molecular formula is C20H34Cl2N4O. The lowest BCUT2D eigenvalue weighted by Crippen LogP contribution is -2.51. The van der Waals surface area contributed by atoms with E-state index in [2.05, 4.69) is 58.5 Å². The fraction of sp³-hybridized carbons (Fsp3) is 0.650. The largest absolute Gasteiger partial charge is 0.369 e. The summed E-state index contributed by atoms with van der Waals surface area (Å²) in [5.41, 5.74) is 2.62.